The summed E-state index contributed by atoms with van der Waals surface area (Å²) in [7, 11) is 0. The average molecular weight is 337 g/mol. The van der Waals surface area contributed by atoms with Gasteiger partial charge in [0.05, 0.1) is 11.6 Å². The minimum absolute atomic E-state index is 0.0620. The molecule has 1 atom stereocenters. The first-order valence-corrected chi connectivity index (χ1v) is 8.81. The summed E-state index contributed by atoms with van der Waals surface area (Å²) in [4.78, 5) is 14.2. The van der Waals surface area contributed by atoms with Crippen molar-refractivity contribution in [3.05, 3.63) is 59.7 Å². The molecule has 130 valence electrons. The zero-order valence-electron chi connectivity index (χ0n) is 14.6. The van der Waals surface area contributed by atoms with Crippen molar-refractivity contribution in [2.45, 2.75) is 37.8 Å². The average Bonchev–Trinajstić information content (AvgIpc) is 3.07. The quantitative estimate of drug-likeness (QED) is 0.907. The van der Waals surface area contributed by atoms with Crippen molar-refractivity contribution in [3.8, 4) is 11.1 Å². The molecule has 1 aliphatic heterocycles. The molecule has 0 radical (unpaired) electrons. The number of hydrogen-bond donors (Lipinski definition) is 1. The minimum atomic E-state index is -0.581. The Morgan fingerprint density at radius 1 is 1.12 bits per heavy atom. The third kappa shape index (κ3) is 2.52. The summed E-state index contributed by atoms with van der Waals surface area (Å²) in [6.45, 7) is 4.61. The van der Waals surface area contributed by atoms with Gasteiger partial charge in [-0.15, -0.1) is 0 Å². The van der Waals surface area contributed by atoms with E-state index >= 15 is 0 Å². The maximum atomic E-state index is 12.6. The zero-order valence-corrected chi connectivity index (χ0v) is 14.6. The van der Waals surface area contributed by atoms with Gasteiger partial charge in [-0.25, -0.2) is 4.79 Å². The fraction of sp³-hybridized carbons (Fsp3) is 0.381. The summed E-state index contributed by atoms with van der Waals surface area (Å²) >= 11 is 0. The van der Waals surface area contributed by atoms with Crippen molar-refractivity contribution >= 4 is 6.09 Å². The summed E-state index contributed by atoms with van der Waals surface area (Å²) in [5.74, 6) is 0.0620. The molecule has 0 saturated carbocycles. The first-order valence-electron chi connectivity index (χ1n) is 8.81. The van der Waals surface area contributed by atoms with Gasteiger partial charge in [0, 0.05) is 12.5 Å². The molecular weight excluding hydrogens is 314 g/mol. The Kier molecular flexibility index (Phi) is 3.80. The van der Waals surface area contributed by atoms with E-state index in [0.717, 1.165) is 0 Å². The molecule has 1 unspecified atom stereocenters. The molecular formula is C21H23NO3. The van der Waals surface area contributed by atoms with Crippen molar-refractivity contribution in [1.82, 2.24) is 4.90 Å². The summed E-state index contributed by atoms with van der Waals surface area (Å²) in [6.07, 6.45) is -0.256. The molecule has 0 aromatic heterocycles. The van der Waals surface area contributed by atoms with Crippen molar-refractivity contribution in [1.29, 1.82) is 0 Å². The zero-order chi connectivity index (χ0) is 17.6. The molecule has 1 N–H and O–H groups in total. The molecule has 0 spiro atoms. The summed E-state index contributed by atoms with van der Waals surface area (Å²) in [6, 6.07) is 16.6. The molecule has 1 aliphatic carbocycles. The van der Waals surface area contributed by atoms with E-state index in [1.165, 1.54) is 22.3 Å². The lowest BCUT2D eigenvalue weighted by molar-refractivity contribution is 0.0374. The Hall–Kier alpha value is -2.33. The Balaban J connectivity index is 1.55. The van der Waals surface area contributed by atoms with Crippen molar-refractivity contribution in [2.24, 2.45) is 0 Å². The highest BCUT2D eigenvalue weighted by Gasteiger charge is 2.44. The molecule has 25 heavy (non-hydrogen) atoms. The fourth-order valence-electron chi connectivity index (χ4n) is 4.07. The molecule has 4 nitrogen and oxygen atoms in total. The smallest absolute Gasteiger partial charge is 0.410 e. The molecule has 1 saturated heterocycles. The summed E-state index contributed by atoms with van der Waals surface area (Å²) < 4.78 is 5.68. The lowest BCUT2D eigenvalue weighted by atomic mass is 9.98. The number of aliphatic hydroxyl groups is 1. The molecule has 4 rings (SSSR count). The van der Waals surface area contributed by atoms with Crippen LogP contribution in [0.2, 0.25) is 0 Å². The lowest BCUT2D eigenvalue weighted by Crippen LogP contribution is -2.48. The van der Waals surface area contributed by atoms with Crippen molar-refractivity contribution < 1.29 is 14.6 Å². The minimum Gasteiger partial charge on any atom is -0.448 e. The Morgan fingerprint density at radius 2 is 1.68 bits per heavy atom. The van der Waals surface area contributed by atoms with E-state index in [0.29, 0.717) is 19.6 Å². The number of fused-ring (bicyclic) bond motifs is 3. The van der Waals surface area contributed by atoms with Gasteiger partial charge >= 0.3 is 6.09 Å². The number of carbonyl (C=O) groups is 1. The van der Waals surface area contributed by atoms with Gasteiger partial charge in [-0.05, 0) is 42.5 Å². The van der Waals surface area contributed by atoms with Crippen molar-refractivity contribution in [3.63, 3.8) is 0 Å². The number of nitrogens with zero attached hydrogens (tertiary/aromatic N) is 1. The Morgan fingerprint density at radius 3 is 2.20 bits per heavy atom. The van der Waals surface area contributed by atoms with Crippen LogP contribution < -0.4 is 0 Å². The first kappa shape index (κ1) is 16.2. The van der Waals surface area contributed by atoms with Gasteiger partial charge in [0.25, 0.3) is 0 Å². The summed E-state index contributed by atoms with van der Waals surface area (Å²) in [5, 5.41) is 10.1. The number of ether oxygens (including phenoxy) is 1. The van der Waals surface area contributed by atoms with E-state index in [4.69, 9.17) is 4.74 Å². The first-order chi connectivity index (χ1) is 12.0. The van der Waals surface area contributed by atoms with Crippen LogP contribution in [-0.4, -0.2) is 40.9 Å². The molecule has 2 aromatic rings. The predicted octanol–water partition coefficient (Wildman–Crippen LogP) is 3.78. The van der Waals surface area contributed by atoms with Gasteiger partial charge in [0.1, 0.15) is 6.61 Å². The standard InChI is InChI=1S/C21H23NO3/c1-21(2)19(23)11-12-22(21)20(24)25-13-18-16-9-5-3-7-14(16)15-8-4-6-10-17(15)18/h3-10,18-19,23H,11-13H2,1-2H3. The highest BCUT2D eigenvalue weighted by Crippen LogP contribution is 2.44. The second kappa shape index (κ2) is 5.88. The van der Waals surface area contributed by atoms with E-state index in [-0.39, 0.29) is 12.0 Å². The third-order valence-electron chi connectivity index (χ3n) is 5.69. The largest absolute Gasteiger partial charge is 0.448 e. The summed E-state index contributed by atoms with van der Waals surface area (Å²) in [5.41, 5.74) is 4.27. The van der Waals surface area contributed by atoms with Gasteiger partial charge in [-0.3, -0.25) is 0 Å². The van der Waals surface area contributed by atoms with Crippen LogP contribution in [0, 0.1) is 0 Å². The van der Waals surface area contributed by atoms with Gasteiger partial charge in [0.2, 0.25) is 0 Å². The molecule has 2 aromatic carbocycles. The monoisotopic (exact) mass is 337 g/mol. The number of amides is 1. The van der Waals surface area contributed by atoms with Gasteiger partial charge in [-0.2, -0.15) is 0 Å². The van der Waals surface area contributed by atoms with Crippen LogP contribution in [0.25, 0.3) is 11.1 Å². The molecule has 1 heterocycles. The number of carbonyl (C=O) groups excluding carboxylic acids is 1. The molecule has 1 fully saturated rings. The SMILES string of the molecule is CC1(C)C(O)CCN1C(=O)OCC1c2ccccc2-c2ccccc21. The number of rotatable bonds is 2. The van der Waals surface area contributed by atoms with Crippen LogP contribution in [0.4, 0.5) is 4.79 Å². The molecule has 4 heteroatoms. The topological polar surface area (TPSA) is 49.8 Å². The van der Waals surface area contributed by atoms with Crippen LogP contribution in [0.15, 0.2) is 48.5 Å². The highest BCUT2D eigenvalue weighted by molar-refractivity contribution is 5.79. The Labute approximate surface area is 148 Å². The Bertz CT molecular complexity index is 769. The lowest BCUT2D eigenvalue weighted by Gasteiger charge is -2.33. The molecule has 0 bridgehead atoms. The maximum absolute atomic E-state index is 12.6. The number of likely N-dealkylation sites (tertiary alicyclic amines) is 1. The normalized spacial score (nSPS) is 21.1. The second-order valence-electron chi connectivity index (χ2n) is 7.41. The predicted molar refractivity (Wildman–Crippen MR) is 96.5 cm³/mol. The van der Waals surface area contributed by atoms with E-state index in [2.05, 4.69) is 24.3 Å². The highest BCUT2D eigenvalue weighted by atomic mass is 16.6. The van der Waals surface area contributed by atoms with Gasteiger partial charge in [-0.1, -0.05) is 48.5 Å². The number of hydrogen-bond acceptors (Lipinski definition) is 3. The van der Waals surface area contributed by atoms with E-state index < -0.39 is 11.6 Å². The van der Waals surface area contributed by atoms with Crippen LogP contribution >= 0.6 is 0 Å². The fourth-order valence-corrected chi connectivity index (χ4v) is 4.07. The maximum Gasteiger partial charge on any atom is 0.410 e. The van der Waals surface area contributed by atoms with Crippen molar-refractivity contribution in [2.75, 3.05) is 13.2 Å². The van der Waals surface area contributed by atoms with Crippen LogP contribution in [0.1, 0.15) is 37.3 Å². The second-order valence-corrected chi connectivity index (χ2v) is 7.41. The van der Waals surface area contributed by atoms with E-state index in [1.54, 1.807) is 4.90 Å². The van der Waals surface area contributed by atoms with Crippen LogP contribution in [-0.2, 0) is 4.74 Å². The number of aliphatic hydroxyl groups excluding tert-OH is 1. The molecule has 2 aliphatic rings. The number of benzene rings is 2. The van der Waals surface area contributed by atoms with Gasteiger partial charge < -0.3 is 14.7 Å². The molecule has 1 amide bonds. The van der Waals surface area contributed by atoms with Crippen LogP contribution in [0.3, 0.4) is 0 Å². The van der Waals surface area contributed by atoms with Crippen LogP contribution in [0.5, 0.6) is 0 Å². The van der Waals surface area contributed by atoms with E-state index in [1.807, 2.05) is 38.1 Å². The van der Waals surface area contributed by atoms with Gasteiger partial charge in [0.15, 0.2) is 0 Å². The van der Waals surface area contributed by atoms with E-state index in [9.17, 15) is 9.90 Å². The third-order valence-corrected chi connectivity index (χ3v) is 5.69.